The molecule has 1 heterocycles. The first kappa shape index (κ1) is 14.2. The molecular formula is C11H21NO4Si. The van der Waals surface area contributed by atoms with Crippen LogP contribution in [0.2, 0.25) is 18.1 Å². The second kappa shape index (κ2) is 4.42. The highest BCUT2D eigenvalue weighted by atomic mass is 28.4. The molecular weight excluding hydrogens is 238 g/mol. The van der Waals surface area contributed by atoms with Gasteiger partial charge in [0, 0.05) is 6.42 Å². The fraction of sp³-hybridized carbons (Fsp3) is 0.818. The number of amides is 1. The van der Waals surface area contributed by atoms with Crippen molar-refractivity contribution in [2.24, 2.45) is 0 Å². The molecule has 1 amide bonds. The van der Waals surface area contributed by atoms with Gasteiger partial charge >= 0.3 is 5.97 Å². The number of carboxylic acids is 1. The highest BCUT2D eigenvalue weighted by Gasteiger charge is 2.44. The number of rotatable bonds is 3. The van der Waals surface area contributed by atoms with Crippen LogP contribution in [-0.4, -0.2) is 37.4 Å². The molecule has 0 spiro atoms. The lowest BCUT2D eigenvalue weighted by Gasteiger charge is -2.37. The van der Waals surface area contributed by atoms with Gasteiger partial charge in [0.1, 0.15) is 12.1 Å². The van der Waals surface area contributed by atoms with E-state index in [0.29, 0.717) is 0 Å². The van der Waals surface area contributed by atoms with Crippen LogP contribution in [0.3, 0.4) is 0 Å². The zero-order valence-corrected chi connectivity index (χ0v) is 12.0. The van der Waals surface area contributed by atoms with Gasteiger partial charge in [0.2, 0.25) is 5.91 Å². The average Bonchev–Trinajstić information content (AvgIpc) is 2.45. The number of carbonyl (C=O) groups is 2. The second-order valence-electron chi connectivity index (χ2n) is 6.00. The van der Waals surface area contributed by atoms with Crippen molar-refractivity contribution >= 4 is 20.2 Å². The quantitative estimate of drug-likeness (QED) is 0.750. The van der Waals surface area contributed by atoms with Crippen LogP contribution in [0.4, 0.5) is 0 Å². The summed E-state index contributed by atoms with van der Waals surface area (Å²) in [5.74, 6) is -1.30. The molecule has 1 fully saturated rings. The summed E-state index contributed by atoms with van der Waals surface area (Å²) in [5, 5.41) is 11.3. The van der Waals surface area contributed by atoms with Gasteiger partial charge in [0.05, 0.1) is 0 Å². The van der Waals surface area contributed by atoms with E-state index in [1.54, 1.807) is 0 Å². The van der Waals surface area contributed by atoms with E-state index >= 15 is 0 Å². The molecule has 5 nitrogen and oxygen atoms in total. The van der Waals surface area contributed by atoms with E-state index in [1.165, 1.54) is 0 Å². The molecule has 1 aliphatic heterocycles. The Morgan fingerprint density at radius 1 is 1.47 bits per heavy atom. The third-order valence-electron chi connectivity index (χ3n) is 3.60. The summed E-state index contributed by atoms with van der Waals surface area (Å²) >= 11 is 0. The third-order valence-corrected chi connectivity index (χ3v) is 8.09. The van der Waals surface area contributed by atoms with Gasteiger partial charge in [0.15, 0.2) is 8.32 Å². The van der Waals surface area contributed by atoms with Crippen LogP contribution < -0.4 is 5.32 Å². The van der Waals surface area contributed by atoms with Crippen LogP contribution in [0, 0.1) is 0 Å². The van der Waals surface area contributed by atoms with E-state index in [9.17, 15) is 9.59 Å². The largest absolute Gasteiger partial charge is 0.480 e. The first-order valence-electron chi connectivity index (χ1n) is 5.75. The smallest absolute Gasteiger partial charge is 0.326 e. The van der Waals surface area contributed by atoms with Crippen molar-refractivity contribution in [3.05, 3.63) is 0 Å². The average molecular weight is 259 g/mol. The summed E-state index contributed by atoms with van der Waals surface area (Å²) in [6.45, 7) is 10.4. The summed E-state index contributed by atoms with van der Waals surface area (Å²) < 4.78 is 5.92. The van der Waals surface area contributed by atoms with E-state index in [-0.39, 0.29) is 17.4 Å². The summed E-state index contributed by atoms with van der Waals surface area (Å²) in [5.41, 5.74) is 0. The zero-order chi connectivity index (χ0) is 13.4. The van der Waals surface area contributed by atoms with Crippen LogP contribution in [0.15, 0.2) is 0 Å². The molecule has 1 aliphatic rings. The van der Waals surface area contributed by atoms with Crippen molar-refractivity contribution in [2.75, 3.05) is 0 Å². The van der Waals surface area contributed by atoms with Gasteiger partial charge in [-0.25, -0.2) is 4.79 Å². The van der Waals surface area contributed by atoms with Crippen molar-refractivity contribution in [3.8, 4) is 0 Å². The van der Waals surface area contributed by atoms with Gasteiger partial charge in [-0.05, 0) is 18.1 Å². The van der Waals surface area contributed by atoms with Crippen LogP contribution in [-0.2, 0) is 14.0 Å². The van der Waals surface area contributed by atoms with Gasteiger partial charge < -0.3 is 14.8 Å². The van der Waals surface area contributed by atoms with Crippen LogP contribution in [0.25, 0.3) is 0 Å². The van der Waals surface area contributed by atoms with E-state index in [1.807, 2.05) is 13.1 Å². The Labute approximate surface area is 103 Å². The Balaban J connectivity index is 2.71. The lowest BCUT2D eigenvalue weighted by molar-refractivity contribution is -0.140. The summed E-state index contributed by atoms with van der Waals surface area (Å²) in [7, 11) is -2.03. The minimum absolute atomic E-state index is 0.00852. The molecule has 0 aromatic heterocycles. The Hall–Kier alpha value is -0.883. The molecule has 0 aromatic rings. The monoisotopic (exact) mass is 259 g/mol. The van der Waals surface area contributed by atoms with Gasteiger partial charge in [-0.2, -0.15) is 0 Å². The maximum absolute atomic E-state index is 11.6. The molecule has 98 valence electrons. The minimum Gasteiger partial charge on any atom is -0.480 e. The van der Waals surface area contributed by atoms with Crippen LogP contribution in [0.5, 0.6) is 0 Å². The maximum Gasteiger partial charge on any atom is 0.326 e. The van der Waals surface area contributed by atoms with Crippen LogP contribution in [0.1, 0.15) is 27.2 Å². The summed E-state index contributed by atoms with van der Waals surface area (Å²) in [6, 6.07) is -0.808. The number of nitrogens with one attached hydrogen (secondary N) is 1. The van der Waals surface area contributed by atoms with Gasteiger partial charge in [-0.1, -0.05) is 20.8 Å². The number of carbonyl (C=O) groups excluding carboxylic acids is 1. The molecule has 6 heteroatoms. The Bertz CT molecular complexity index is 335. The van der Waals surface area contributed by atoms with Gasteiger partial charge in [0.25, 0.3) is 0 Å². The molecule has 0 aliphatic carbocycles. The number of hydrogen-bond acceptors (Lipinski definition) is 3. The maximum atomic E-state index is 11.6. The summed E-state index contributed by atoms with van der Waals surface area (Å²) in [6.07, 6.45) is -0.391. The van der Waals surface area contributed by atoms with E-state index < -0.39 is 26.4 Å². The highest BCUT2D eigenvalue weighted by Crippen LogP contribution is 2.38. The fourth-order valence-electron chi connectivity index (χ4n) is 1.44. The molecule has 0 saturated carbocycles. The van der Waals surface area contributed by atoms with Gasteiger partial charge in [-0.15, -0.1) is 0 Å². The lowest BCUT2D eigenvalue weighted by atomic mass is 10.2. The van der Waals surface area contributed by atoms with Crippen molar-refractivity contribution < 1.29 is 19.1 Å². The topological polar surface area (TPSA) is 75.6 Å². The minimum atomic E-state index is -2.03. The van der Waals surface area contributed by atoms with Crippen molar-refractivity contribution in [1.29, 1.82) is 0 Å². The van der Waals surface area contributed by atoms with Crippen molar-refractivity contribution in [2.45, 2.75) is 57.5 Å². The second-order valence-corrected chi connectivity index (χ2v) is 10.8. The molecule has 0 radical (unpaired) electrons. The molecule has 0 bridgehead atoms. The third kappa shape index (κ3) is 3.07. The standard InChI is InChI=1S/C11H21NO4Si/c1-11(2,3)17(4,5)16-8-6-7(10(14)15)12-9(8)13/h7-8H,6H2,1-5H3,(H,12,13)(H,14,15)/t7-,8+/m0/s1. The highest BCUT2D eigenvalue weighted by molar-refractivity contribution is 6.74. The molecule has 1 saturated heterocycles. The number of aliphatic carboxylic acids is 1. The van der Waals surface area contributed by atoms with E-state index in [4.69, 9.17) is 9.53 Å². The Kier molecular flexibility index (Phi) is 3.68. The van der Waals surface area contributed by atoms with E-state index in [2.05, 4.69) is 26.1 Å². The van der Waals surface area contributed by atoms with Gasteiger partial charge in [-0.3, -0.25) is 4.79 Å². The van der Waals surface area contributed by atoms with E-state index in [0.717, 1.165) is 0 Å². The predicted octanol–water partition coefficient (Wildman–Crippen LogP) is 1.35. The fourth-order valence-corrected chi connectivity index (χ4v) is 2.71. The molecule has 17 heavy (non-hydrogen) atoms. The normalized spacial score (nSPS) is 25.8. The predicted molar refractivity (Wildman–Crippen MR) is 66.3 cm³/mol. The Morgan fingerprint density at radius 2 is 2.00 bits per heavy atom. The molecule has 2 N–H and O–H groups in total. The number of hydrogen-bond donors (Lipinski definition) is 2. The molecule has 0 unspecified atom stereocenters. The SMILES string of the molecule is CC(C)(C)[Si](C)(C)O[C@@H]1C[C@@H](C(=O)O)NC1=O. The van der Waals surface area contributed by atoms with Crippen molar-refractivity contribution in [3.63, 3.8) is 0 Å². The Morgan fingerprint density at radius 3 is 2.35 bits per heavy atom. The van der Waals surface area contributed by atoms with Crippen molar-refractivity contribution in [1.82, 2.24) is 5.32 Å². The molecule has 0 aromatic carbocycles. The first-order valence-corrected chi connectivity index (χ1v) is 8.66. The van der Waals surface area contributed by atoms with Crippen LogP contribution >= 0.6 is 0 Å². The molecule has 2 atom stereocenters. The zero-order valence-electron chi connectivity index (χ0n) is 11.0. The number of carboxylic acid groups (broad SMARTS) is 1. The summed E-state index contributed by atoms with van der Waals surface area (Å²) in [4.78, 5) is 22.4. The first-order chi connectivity index (χ1) is 7.54. The lowest BCUT2D eigenvalue weighted by Crippen LogP contribution is -2.45. The molecule has 1 rings (SSSR count).